The summed E-state index contributed by atoms with van der Waals surface area (Å²) in [5.41, 5.74) is 2.02. The lowest BCUT2D eigenvalue weighted by molar-refractivity contribution is -0.128. The number of piperazine rings is 1. The number of nitrogens with zero attached hydrogens (tertiary/aromatic N) is 2. The maximum Gasteiger partial charge on any atom is 0.246 e. The Morgan fingerprint density at radius 2 is 2.26 bits per heavy atom. The minimum absolute atomic E-state index is 0.0256. The molecule has 0 saturated carbocycles. The summed E-state index contributed by atoms with van der Waals surface area (Å²) in [6.07, 6.45) is 5.06. The minimum atomic E-state index is -0.344. The standard InChI is InChI=1S/C25H31ClFN5O3/c1-3-21(34)31-8-9-32(15(2)13-31)25(28)18-11-19(26)22(17-5-4-6-20(17)27)24-23(18)30-16(14-35-24)12-29-7-10-33/h3,5-6,11,15-16,28-30,33H,1,4,7-10,12-14H2,2H3/t15-,16?/m0/s1. The number of amidine groups is 1. The number of nitrogens with one attached hydrogen (secondary N) is 3. The van der Waals surface area contributed by atoms with Crippen molar-refractivity contribution in [3.63, 3.8) is 0 Å². The molecule has 1 aliphatic carbocycles. The van der Waals surface area contributed by atoms with Gasteiger partial charge in [-0.3, -0.25) is 10.2 Å². The lowest BCUT2D eigenvalue weighted by Gasteiger charge is -2.41. The topological polar surface area (TPSA) is 101 Å². The molecule has 10 heteroatoms. The average Bonchev–Trinajstić information content (AvgIpc) is 3.28. The van der Waals surface area contributed by atoms with E-state index in [4.69, 9.17) is 26.9 Å². The van der Waals surface area contributed by atoms with Crippen molar-refractivity contribution < 1.29 is 19.0 Å². The van der Waals surface area contributed by atoms with E-state index in [1.54, 1.807) is 17.0 Å². The molecule has 1 aromatic carbocycles. The predicted octanol–water partition coefficient (Wildman–Crippen LogP) is 2.78. The van der Waals surface area contributed by atoms with Crippen molar-refractivity contribution in [3.8, 4) is 5.75 Å². The number of carbonyl (C=O) groups is 1. The molecule has 3 aliphatic rings. The number of aliphatic hydroxyl groups is 1. The van der Waals surface area contributed by atoms with Crippen molar-refractivity contribution in [1.29, 1.82) is 5.41 Å². The first-order valence-corrected chi connectivity index (χ1v) is 12.1. The lowest BCUT2D eigenvalue weighted by Crippen LogP contribution is -2.55. The summed E-state index contributed by atoms with van der Waals surface area (Å²) < 4.78 is 20.7. The smallest absolute Gasteiger partial charge is 0.246 e. The zero-order chi connectivity index (χ0) is 25.1. The van der Waals surface area contributed by atoms with Gasteiger partial charge in [0.25, 0.3) is 0 Å². The van der Waals surface area contributed by atoms with Gasteiger partial charge in [-0.15, -0.1) is 0 Å². The predicted molar refractivity (Wildman–Crippen MR) is 136 cm³/mol. The van der Waals surface area contributed by atoms with Gasteiger partial charge in [0.2, 0.25) is 5.91 Å². The molecule has 1 amide bonds. The first-order valence-electron chi connectivity index (χ1n) is 11.8. The second-order valence-electron chi connectivity index (χ2n) is 8.85. The van der Waals surface area contributed by atoms with E-state index in [0.29, 0.717) is 78.9 Å². The SMILES string of the molecule is C=CC(=O)N1CCN(C(=N)c2cc(Cl)c(C3=CCC=C3F)c3c2NC(CNCCO)CO3)[C@@H](C)C1. The molecule has 4 rings (SSSR count). The van der Waals surface area contributed by atoms with Crippen LogP contribution in [0.2, 0.25) is 5.02 Å². The Balaban J connectivity index is 1.68. The fraction of sp³-hybridized carbons (Fsp3) is 0.440. The van der Waals surface area contributed by atoms with Crippen LogP contribution < -0.4 is 15.4 Å². The Hall–Kier alpha value is -2.88. The van der Waals surface area contributed by atoms with Gasteiger partial charge in [-0.2, -0.15) is 0 Å². The number of carbonyl (C=O) groups excluding carboxylic acids is 1. The van der Waals surface area contributed by atoms with Crippen molar-refractivity contribution in [2.75, 3.05) is 51.3 Å². The van der Waals surface area contributed by atoms with E-state index in [9.17, 15) is 9.18 Å². The second-order valence-corrected chi connectivity index (χ2v) is 9.26. The Kier molecular flexibility index (Phi) is 7.78. The van der Waals surface area contributed by atoms with E-state index in [1.807, 2.05) is 11.8 Å². The fourth-order valence-corrected chi connectivity index (χ4v) is 5.03. The number of hydrogen-bond donors (Lipinski definition) is 4. The highest BCUT2D eigenvalue weighted by Gasteiger charge is 2.34. The van der Waals surface area contributed by atoms with Crippen LogP contribution in [0.4, 0.5) is 10.1 Å². The monoisotopic (exact) mass is 503 g/mol. The normalized spacial score (nSPS) is 21.5. The van der Waals surface area contributed by atoms with E-state index in [-0.39, 0.29) is 36.3 Å². The molecule has 0 spiro atoms. The molecule has 2 aliphatic heterocycles. The van der Waals surface area contributed by atoms with Crippen molar-refractivity contribution in [1.82, 2.24) is 15.1 Å². The number of benzene rings is 1. The number of halogens is 2. The number of aliphatic hydroxyl groups excluding tert-OH is 1. The summed E-state index contributed by atoms with van der Waals surface area (Å²) in [6, 6.07) is 1.48. The second kappa shape index (κ2) is 10.8. The van der Waals surface area contributed by atoms with Gasteiger partial charge >= 0.3 is 0 Å². The fourth-order valence-electron chi connectivity index (χ4n) is 4.73. The Bertz CT molecular complexity index is 1090. The molecule has 1 unspecified atom stereocenters. The molecule has 188 valence electrons. The van der Waals surface area contributed by atoms with Gasteiger partial charge in [-0.05, 0) is 31.6 Å². The first-order chi connectivity index (χ1) is 16.8. The molecule has 35 heavy (non-hydrogen) atoms. The van der Waals surface area contributed by atoms with Gasteiger partial charge in [0.15, 0.2) is 5.75 Å². The molecule has 0 bridgehead atoms. The molecule has 0 radical (unpaired) electrons. The van der Waals surface area contributed by atoms with Crippen molar-refractivity contribution >= 4 is 34.6 Å². The summed E-state index contributed by atoms with van der Waals surface area (Å²) in [5, 5.41) is 25.1. The number of anilines is 1. The highest BCUT2D eigenvalue weighted by molar-refractivity contribution is 6.34. The van der Waals surface area contributed by atoms with E-state index >= 15 is 0 Å². The number of amides is 1. The Morgan fingerprint density at radius 1 is 1.46 bits per heavy atom. The molecule has 2 atom stereocenters. The van der Waals surface area contributed by atoms with Crippen LogP contribution in [0.5, 0.6) is 5.75 Å². The van der Waals surface area contributed by atoms with Gasteiger partial charge in [0.1, 0.15) is 18.3 Å². The zero-order valence-electron chi connectivity index (χ0n) is 19.7. The molecule has 1 fully saturated rings. The van der Waals surface area contributed by atoms with E-state index in [1.165, 1.54) is 12.2 Å². The van der Waals surface area contributed by atoms with Crippen LogP contribution in [0.25, 0.3) is 5.57 Å². The quantitative estimate of drug-likeness (QED) is 0.197. The van der Waals surface area contributed by atoms with Crippen LogP contribution in [0.3, 0.4) is 0 Å². The van der Waals surface area contributed by atoms with Crippen LogP contribution >= 0.6 is 11.6 Å². The third-order valence-electron chi connectivity index (χ3n) is 6.49. The highest BCUT2D eigenvalue weighted by Crippen LogP contribution is 2.47. The van der Waals surface area contributed by atoms with Crippen LogP contribution in [0.1, 0.15) is 24.5 Å². The summed E-state index contributed by atoms with van der Waals surface area (Å²) in [6.45, 7) is 8.31. The number of fused-ring (bicyclic) bond motifs is 1. The molecule has 8 nitrogen and oxygen atoms in total. The minimum Gasteiger partial charge on any atom is -0.488 e. The summed E-state index contributed by atoms with van der Waals surface area (Å²) >= 11 is 6.69. The molecule has 1 saturated heterocycles. The molecular formula is C25H31ClFN5O3. The van der Waals surface area contributed by atoms with Crippen LogP contribution in [-0.4, -0.2) is 84.7 Å². The van der Waals surface area contributed by atoms with Crippen LogP contribution in [0.15, 0.2) is 36.7 Å². The maximum atomic E-state index is 14.6. The maximum absolute atomic E-state index is 14.6. The number of ether oxygens (including phenoxy) is 1. The van der Waals surface area contributed by atoms with E-state index in [0.717, 1.165) is 0 Å². The summed E-state index contributed by atoms with van der Waals surface area (Å²) in [5.74, 6) is 0.217. The number of hydrogen-bond acceptors (Lipinski definition) is 6. The van der Waals surface area contributed by atoms with Gasteiger partial charge in [-0.25, -0.2) is 4.39 Å². The summed E-state index contributed by atoms with van der Waals surface area (Å²) in [7, 11) is 0. The van der Waals surface area contributed by atoms with E-state index < -0.39 is 0 Å². The average molecular weight is 504 g/mol. The number of rotatable bonds is 7. The lowest BCUT2D eigenvalue weighted by atomic mass is 9.97. The Morgan fingerprint density at radius 3 is 2.91 bits per heavy atom. The molecule has 2 heterocycles. The van der Waals surface area contributed by atoms with Gasteiger partial charge in [-0.1, -0.05) is 24.3 Å². The Labute approximate surface area is 209 Å². The molecule has 4 N–H and O–H groups in total. The third-order valence-corrected chi connectivity index (χ3v) is 6.79. The van der Waals surface area contributed by atoms with Crippen molar-refractivity contribution in [3.05, 3.63) is 52.8 Å². The van der Waals surface area contributed by atoms with Gasteiger partial charge < -0.3 is 30.3 Å². The van der Waals surface area contributed by atoms with Crippen LogP contribution in [-0.2, 0) is 4.79 Å². The molecule has 1 aromatic rings. The first kappa shape index (κ1) is 25.2. The van der Waals surface area contributed by atoms with Crippen LogP contribution in [0, 0.1) is 5.41 Å². The van der Waals surface area contributed by atoms with Crippen molar-refractivity contribution in [2.24, 2.45) is 0 Å². The highest BCUT2D eigenvalue weighted by atomic mass is 35.5. The van der Waals surface area contributed by atoms with Gasteiger partial charge in [0, 0.05) is 55.5 Å². The van der Waals surface area contributed by atoms with Gasteiger partial charge in [0.05, 0.1) is 23.4 Å². The number of allylic oxidation sites excluding steroid dienone is 4. The largest absolute Gasteiger partial charge is 0.488 e. The third kappa shape index (κ3) is 5.07. The summed E-state index contributed by atoms with van der Waals surface area (Å²) in [4.78, 5) is 15.7. The van der Waals surface area contributed by atoms with Crippen molar-refractivity contribution in [2.45, 2.75) is 25.4 Å². The zero-order valence-corrected chi connectivity index (χ0v) is 20.5. The molecule has 0 aromatic heterocycles. The molecular weight excluding hydrogens is 473 g/mol. The van der Waals surface area contributed by atoms with E-state index in [2.05, 4.69) is 17.2 Å².